The normalized spacial score (nSPS) is 12.1. The van der Waals surface area contributed by atoms with Gasteiger partial charge in [0.15, 0.2) is 0 Å². The van der Waals surface area contributed by atoms with E-state index >= 15 is 0 Å². The fourth-order valence-corrected chi connectivity index (χ4v) is 8.69. The van der Waals surface area contributed by atoms with Crippen LogP contribution in [0.4, 0.5) is 11.4 Å². The molecule has 2 heteroatoms. The summed E-state index contributed by atoms with van der Waals surface area (Å²) >= 11 is 1.91. The molecule has 0 spiro atoms. The molecule has 1 nitrogen and oxygen atoms in total. The summed E-state index contributed by atoms with van der Waals surface area (Å²) in [7, 11) is 0. The third kappa shape index (κ3) is 4.92. The maximum atomic E-state index is 3.77. The highest BCUT2D eigenvalue weighted by Gasteiger charge is 2.22. The second-order valence-corrected chi connectivity index (χ2v) is 14.9. The van der Waals surface area contributed by atoms with Gasteiger partial charge in [0.1, 0.15) is 0 Å². The van der Waals surface area contributed by atoms with Gasteiger partial charge in [0.2, 0.25) is 0 Å². The summed E-state index contributed by atoms with van der Waals surface area (Å²) in [5.41, 5.74) is 8.62. The fraction of sp³-hybridized carbons (Fsp3) is 0.0870. The molecule has 48 heavy (non-hydrogen) atoms. The minimum absolute atomic E-state index is 0.0505. The highest BCUT2D eigenvalue weighted by molar-refractivity contribution is 7.26. The van der Waals surface area contributed by atoms with Crippen molar-refractivity contribution in [2.75, 3.05) is 5.32 Å². The van der Waals surface area contributed by atoms with E-state index in [-0.39, 0.29) is 5.41 Å². The van der Waals surface area contributed by atoms with E-state index in [9.17, 15) is 0 Å². The second-order valence-electron chi connectivity index (χ2n) is 13.9. The zero-order valence-corrected chi connectivity index (χ0v) is 28.2. The van der Waals surface area contributed by atoms with Crippen molar-refractivity contribution in [1.29, 1.82) is 0 Å². The van der Waals surface area contributed by atoms with E-state index in [2.05, 4.69) is 178 Å². The summed E-state index contributed by atoms with van der Waals surface area (Å²) in [4.78, 5) is 0. The fourth-order valence-electron chi connectivity index (χ4n) is 7.18. The minimum Gasteiger partial charge on any atom is -0.354 e. The molecule has 9 aromatic rings. The van der Waals surface area contributed by atoms with Crippen molar-refractivity contribution in [3.63, 3.8) is 0 Å². The number of nitrogens with one attached hydrogen (secondary N) is 1. The molecule has 230 valence electrons. The van der Waals surface area contributed by atoms with Crippen molar-refractivity contribution in [2.24, 2.45) is 0 Å². The van der Waals surface area contributed by atoms with Gasteiger partial charge >= 0.3 is 0 Å². The van der Waals surface area contributed by atoms with Crippen LogP contribution in [-0.2, 0) is 5.41 Å². The molecule has 1 aromatic heterocycles. The van der Waals surface area contributed by atoms with Gasteiger partial charge in [-0.1, -0.05) is 130 Å². The molecule has 0 aliphatic heterocycles. The highest BCUT2D eigenvalue weighted by atomic mass is 32.1. The Balaban J connectivity index is 1.03. The van der Waals surface area contributed by atoms with E-state index in [4.69, 9.17) is 0 Å². The Hall–Kier alpha value is -5.44. The van der Waals surface area contributed by atoms with Crippen LogP contribution in [0.1, 0.15) is 26.3 Å². The summed E-state index contributed by atoms with van der Waals surface area (Å²) in [6, 6.07) is 55.6. The largest absolute Gasteiger partial charge is 0.354 e. The number of benzene rings is 8. The van der Waals surface area contributed by atoms with Crippen molar-refractivity contribution in [3.8, 4) is 22.3 Å². The van der Waals surface area contributed by atoms with E-state index < -0.39 is 0 Å². The smallest absolute Gasteiger partial charge is 0.0590 e. The van der Waals surface area contributed by atoms with Crippen molar-refractivity contribution >= 4 is 75.2 Å². The Labute approximate surface area is 285 Å². The zero-order chi connectivity index (χ0) is 32.4. The van der Waals surface area contributed by atoms with E-state index in [0.29, 0.717) is 0 Å². The molecule has 1 heterocycles. The first kappa shape index (κ1) is 28.8. The number of thiophene rings is 1. The van der Waals surface area contributed by atoms with Gasteiger partial charge < -0.3 is 5.32 Å². The van der Waals surface area contributed by atoms with Crippen LogP contribution in [0.2, 0.25) is 0 Å². The van der Waals surface area contributed by atoms with Crippen LogP contribution in [-0.4, -0.2) is 0 Å². The minimum atomic E-state index is 0.0505. The Bertz CT molecular complexity index is 2670. The molecule has 9 rings (SSSR count). The van der Waals surface area contributed by atoms with Gasteiger partial charge in [0, 0.05) is 21.2 Å². The highest BCUT2D eigenvalue weighted by Crippen LogP contribution is 2.46. The van der Waals surface area contributed by atoms with Crippen molar-refractivity contribution in [3.05, 3.63) is 157 Å². The Morgan fingerprint density at radius 3 is 1.67 bits per heavy atom. The van der Waals surface area contributed by atoms with Gasteiger partial charge in [0.25, 0.3) is 0 Å². The second kappa shape index (κ2) is 11.1. The molecule has 0 atom stereocenters. The first-order valence-corrected chi connectivity index (χ1v) is 17.5. The monoisotopic (exact) mass is 633 g/mol. The lowest BCUT2D eigenvalue weighted by atomic mass is 9.84. The average Bonchev–Trinajstić information content (AvgIpc) is 3.51. The molecule has 1 N–H and O–H groups in total. The number of rotatable bonds is 4. The first-order valence-electron chi connectivity index (χ1n) is 16.7. The van der Waals surface area contributed by atoms with Gasteiger partial charge in [-0.15, -0.1) is 11.3 Å². The standard InChI is InChI=1S/C46H35NS/c1-46(2,3)41-28-37-11-6-7-12-39(37)43-40-13-8-14-42(44(40)48-45(41)43)47-38-23-21-30(22-24-38)32-17-18-35-27-36(20-19-34(35)26-32)33-16-15-29-9-4-5-10-31(29)25-33/h4-28,47H,1-3H3. The number of fused-ring (bicyclic) bond motifs is 7. The molecular formula is C46H35NS. The van der Waals surface area contributed by atoms with Crippen LogP contribution in [0.3, 0.4) is 0 Å². The van der Waals surface area contributed by atoms with E-state index in [0.717, 1.165) is 11.4 Å². The molecular weight excluding hydrogens is 599 g/mol. The molecule has 8 aromatic carbocycles. The van der Waals surface area contributed by atoms with Crippen LogP contribution in [0.15, 0.2) is 152 Å². The van der Waals surface area contributed by atoms with Crippen LogP contribution in [0.5, 0.6) is 0 Å². The van der Waals surface area contributed by atoms with Crippen LogP contribution < -0.4 is 5.32 Å². The van der Waals surface area contributed by atoms with Crippen molar-refractivity contribution < 1.29 is 0 Å². The zero-order valence-electron chi connectivity index (χ0n) is 27.3. The SMILES string of the molecule is CC(C)(C)c1cc2ccccc2c2c1sc1c(Nc3ccc(-c4ccc5cc(-c6ccc7ccccc7c6)ccc5c4)cc3)cccc12. The molecule has 0 bridgehead atoms. The maximum absolute atomic E-state index is 3.77. The van der Waals surface area contributed by atoms with Crippen LogP contribution in [0.25, 0.3) is 74.7 Å². The molecule has 0 saturated heterocycles. The maximum Gasteiger partial charge on any atom is 0.0590 e. The van der Waals surface area contributed by atoms with Gasteiger partial charge in [-0.25, -0.2) is 0 Å². The van der Waals surface area contributed by atoms with E-state index in [1.807, 2.05) is 11.3 Å². The quantitative estimate of drug-likeness (QED) is 0.203. The summed E-state index contributed by atoms with van der Waals surface area (Å²) in [6.45, 7) is 6.96. The van der Waals surface area contributed by atoms with E-state index in [1.54, 1.807) is 0 Å². The molecule has 0 unspecified atom stereocenters. The third-order valence-electron chi connectivity index (χ3n) is 9.72. The Kier molecular flexibility index (Phi) is 6.64. The number of hydrogen-bond donors (Lipinski definition) is 1. The molecule has 0 radical (unpaired) electrons. The molecule has 0 fully saturated rings. The van der Waals surface area contributed by atoms with Crippen molar-refractivity contribution in [2.45, 2.75) is 26.2 Å². The van der Waals surface area contributed by atoms with Gasteiger partial charge in [0.05, 0.1) is 10.4 Å². The lowest BCUT2D eigenvalue weighted by molar-refractivity contribution is 0.597. The van der Waals surface area contributed by atoms with E-state index in [1.165, 1.54) is 80.3 Å². The topological polar surface area (TPSA) is 12.0 Å². The van der Waals surface area contributed by atoms with Crippen LogP contribution >= 0.6 is 11.3 Å². The number of hydrogen-bond acceptors (Lipinski definition) is 2. The summed E-state index contributed by atoms with van der Waals surface area (Å²) < 4.78 is 2.69. The molecule has 0 amide bonds. The predicted molar refractivity (Wildman–Crippen MR) is 211 cm³/mol. The number of anilines is 2. The Morgan fingerprint density at radius 2 is 0.979 bits per heavy atom. The molecule has 0 aliphatic carbocycles. The van der Waals surface area contributed by atoms with Gasteiger partial charge in [-0.2, -0.15) is 0 Å². The van der Waals surface area contributed by atoms with Gasteiger partial charge in [-0.05, 0) is 108 Å². The summed E-state index contributed by atoms with van der Waals surface area (Å²) in [6.07, 6.45) is 0. The third-order valence-corrected chi connectivity index (χ3v) is 11.0. The molecule has 0 aliphatic rings. The lowest BCUT2D eigenvalue weighted by Gasteiger charge is -2.21. The van der Waals surface area contributed by atoms with Crippen molar-refractivity contribution in [1.82, 2.24) is 0 Å². The molecule has 0 saturated carbocycles. The van der Waals surface area contributed by atoms with Crippen LogP contribution in [0, 0.1) is 0 Å². The lowest BCUT2D eigenvalue weighted by Crippen LogP contribution is -2.11. The summed E-state index contributed by atoms with van der Waals surface area (Å²) in [5.74, 6) is 0. The summed E-state index contributed by atoms with van der Waals surface area (Å²) in [5, 5.41) is 14.1. The Morgan fingerprint density at radius 1 is 0.438 bits per heavy atom. The van der Waals surface area contributed by atoms with Gasteiger partial charge in [-0.3, -0.25) is 0 Å². The average molecular weight is 634 g/mol. The first-order chi connectivity index (χ1) is 23.4. The predicted octanol–water partition coefficient (Wildman–Crippen LogP) is 13.9.